The lowest BCUT2D eigenvalue weighted by Crippen LogP contribution is -2.07. The molecular formula is C8H13N3S. The Hall–Kier alpha value is -0.610. The van der Waals surface area contributed by atoms with Crippen molar-refractivity contribution in [1.82, 2.24) is 4.98 Å². The second-order valence-corrected chi connectivity index (χ2v) is 4.27. The number of nitrogens with two attached hydrogens (primary N) is 1. The van der Waals surface area contributed by atoms with E-state index in [1.165, 1.54) is 24.3 Å². The summed E-state index contributed by atoms with van der Waals surface area (Å²) in [5.74, 6) is 6.06. The van der Waals surface area contributed by atoms with Gasteiger partial charge in [0.15, 0.2) is 0 Å². The molecule has 0 unspecified atom stereocenters. The molecule has 0 bridgehead atoms. The molecule has 1 aliphatic rings. The Kier molecular flexibility index (Phi) is 2.02. The average Bonchev–Trinajstić information content (AvgIpc) is 2.27. The van der Waals surface area contributed by atoms with Gasteiger partial charge in [0.2, 0.25) is 0 Å². The maximum Gasteiger partial charge on any atom is 0.126 e. The molecule has 4 heteroatoms. The number of hydrogen-bond acceptors (Lipinski definition) is 4. The van der Waals surface area contributed by atoms with E-state index in [1.54, 1.807) is 11.3 Å². The van der Waals surface area contributed by atoms with Crippen LogP contribution in [0.2, 0.25) is 0 Å². The van der Waals surface area contributed by atoms with Crippen LogP contribution in [-0.2, 0) is 0 Å². The number of aromatic nitrogens is 1. The summed E-state index contributed by atoms with van der Waals surface area (Å²) >= 11 is 1.70. The second-order valence-electron chi connectivity index (χ2n) is 3.24. The molecule has 1 aromatic heterocycles. The van der Waals surface area contributed by atoms with Crippen molar-refractivity contribution in [2.75, 3.05) is 5.43 Å². The first-order valence-electron chi connectivity index (χ1n) is 4.25. The molecule has 0 atom stereocenters. The highest BCUT2D eigenvalue weighted by atomic mass is 32.1. The smallest absolute Gasteiger partial charge is 0.126 e. The van der Waals surface area contributed by atoms with E-state index >= 15 is 0 Å². The van der Waals surface area contributed by atoms with Gasteiger partial charge in [-0.25, -0.2) is 10.8 Å². The molecule has 0 aliphatic heterocycles. The standard InChI is InChI=1S/C8H13N3S/c1-5-7(11-9)12-8(10-5)6-3-2-4-6/h6,11H,2-4,9H2,1H3. The highest BCUT2D eigenvalue weighted by molar-refractivity contribution is 7.16. The fourth-order valence-electron chi connectivity index (χ4n) is 1.38. The molecular weight excluding hydrogens is 170 g/mol. The molecule has 1 aliphatic carbocycles. The summed E-state index contributed by atoms with van der Waals surface area (Å²) in [4.78, 5) is 4.48. The van der Waals surface area contributed by atoms with Crippen LogP contribution >= 0.6 is 11.3 Å². The maximum absolute atomic E-state index is 5.34. The third-order valence-corrected chi connectivity index (χ3v) is 3.65. The molecule has 0 saturated heterocycles. The minimum atomic E-state index is 0.718. The minimum Gasteiger partial charge on any atom is -0.314 e. The quantitative estimate of drug-likeness (QED) is 0.544. The van der Waals surface area contributed by atoms with E-state index < -0.39 is 0 Å². The molecule has 1 aromatic rings. The van der Waals surface area contributed by atoms with Gasteiger partial charge in [-0.15, -0.1) is 0 Å². The van der Waals surface area contributed by atoms with E-state index in [0.717, 1.165) is 16.6 Å². The molecule has 0 spiro atoms. The first-order valence-corrected chi connectivity index (χ1v) is 5.07. The number of nitrogen functional groups attached to an aromatic ring is 1. The van der Waals surface area contributed by atoms with Gasteiger partial charge in [0, 0.05) is 5.92 Å². The SMILES string of the molecule is Cc1nc(C2CCC2)sc1NN. The fraction of sp³-hybridized carbons (Fsp3) is 0.625. The summed E-state index contributed by atoms with van der Waals surface area (Å²) in [5.41, 5.74) is 3.71. The lowest BCUT2D eigenvalue weighted by Gasteiger charge is -2.22. The van der Waals surface area contributed by atoms with Crippen LogP contribution in [-0.4, -0.2) is 4.98 Å². The van der Waals surface area contributed by atoms with E-state index in [-0.39, 0.29) is 0 Å². The van der Waals surface area contributed by atoms with Gasteiger partial charge in [-0.3, -0.25) is 0 Å². The zero-order valence-electron chi connectivity index (χ0n) is 7.13. The van der Waals surface area contributed by atoms with Gasteiger partial charge in [-0.2, -0.15) is 0 Å². The highest BCUT2D eigenvalue weighted by Gasteiger charge is 2.23. The van der Waals surface area contributed by atoms with Crippen LogP contribution in [0.5, 0.6) is 0 Å². The van der Waals surface area contributed by atoms with Crippen molar-refractivity contribution in [3.05, 3.63) is 10.7 Å². The summed E-state index contributed by atoms with van der Waals surface area (Å²) < 4.78 is 0. The van der Waals surface area contributed by atoms with Crippen LogP contribution in [0.25, 0.3) is 0 Å². The number of hydrogen-bond donors (Lipinski definition) is 2. The zero-order chi connectivity index (χ0) is 8.55. The van der Waals surface area contributed by atoms with E-state index in [9.17, 15) is 0 Å². The monoisotopic (exact) mass is 183 g/mol. The molecule has 66 valence electrons. The van der Waals surface area contributed by atoms with E-state index in [4.69, 9.17) is 5.84 Å². The first kappa shape index (κ1) is 8.01. The van der Waals surface area contributed by atoms with Crippen molar-refractivity contribution in [2.45, 2.75) is 32.1 Å². The van der Waals surface area contributed by atoms with Gasteiger partial charge < -0.3 is 5.43 Å². The number of hydrazine groups is 1. The molecule has 12 heavy (non-hydrogen) atoms. The third kappa shape index (κ3) is 1.21. The van der Waals surface area contributed by atoms with Crippen LogP contribution < -0.4 is 11.3 Å². The molecule has 1 heterocycles. The predicted octanol–water partition coefficient (Wildman–Crippen LogP) is 2.00. The molecule has 2 rings (SSSR count). The van der Waals surface area contributed by atoms with Crippen molar-refractivity contribution in [2.24, 2.45) is 5.84 Å². The zero-order valence-corrected chi connectivity index (χ0v) is 7.95. The van der Waals surface area contributed by atoms with Crippen LogP contribution in [0.1, 0.15) is 35.9 Å². The Labute approximate surface area is 76.0 Å². The Morgan fingerprint density at radius 1 is 1.58 bits per heavy atom. The molecule has 1 fully saturated rings. The molecule has 3 N–H and O–H groups in total. The Balaban J connectivity index is 2.21. The van der Waals surface area contributed by atoms with Crippen molar-refractivity contribution >= 4 is 16.3 Å². The second kappa shape index (κ2) is 3.03. The molecule has 3 nitrogen and oxygen atoms in total. The number of thiazole rings is 1. The lowest BCUT2D eigenvalue weighted by atomic mass is 9.86. The van der Waals surface area contributed by atoms with Crippen LogP contribution in [0.3, 0.4) is 0 Å². The van der Waals surface area contributed by atoms with E-state index in [2.05, 4.69) is 10.4 Å². The highest BCUT2D eigenvalue weighted by Crippen LogP contribution is 2.40. The normalized spacial score (nSPS) is 17.5. The summed E-state index contributed by atoms with van der Waals surface area (Å²) in [6.07, 6.45) is 3.96. The summed E-state index contributed by atoms with van der Waals surface area (Å²) in [6, 6.07) is 0. The average molecular weight is 183 g/mol. The van der Waals surface area contributed by atoms with Crippen LogP contribution in [0.15, 0.2) is 0 Å². The molecule has 0 amide bonds. The van der Waals surface area contributed by atoms with Gasteiger partial charge in [0.05, 0.1) is 10.7 Å². The number of nitrogens with zero attached hydrogens (tertiary/aromatic N) is 1. The largest absolute Gasteiger partial charge is 0.314 e. The van der Waals surface area contributed by atoms with Crippen LogP contribution in [0, 0.1) is 6.92 Å². The number of aryl methyl sites for hydroxylation is 1. The van der Waals surface area contributed by atoms with Crippen LogP contribution in [0.4, 0.5) is 5.00 Å². The third-order valence-electron chi connectivity index (χ3n) is 2.40. The molecule has 0 radical (unpaired) electrons. The van der Waals surface area contributed by atoms with Gasteiger partial charge in [-0.1, -0.05) is 17.8 Å². The van der Waals surface area contributed by atoms with Gasteiger partial charge in [0.25, 0.3) is 0 Å². The maximum atomic E-state index is 5.34. The predicted molar refractivity (Wildman–Crippen MR) is 51.3 cm³/mol. The van der Waals surface area contributed by atoms with Gasteiger partial charge in [0.1, 0.15) is 5.00 Å². The number of anilines is 1. The van der Waals surface area contributed by atoms with Crippen molar-refractivity contribution in [3.8, 4) is 0 Å². The molecule has 1 saturated carbocycles. The Morgan fingerprint density at radius 3 is 2.75 bits per heavy atom. The first-order chi connectivity index (χ1) is 5.81. The molecule has 0 aromatic carbocycles. The van der Waals surface area contributed by atoms with Gasteiger partial charge in [-0.05, 0) is 19.8 Å². The number of rotatable bonds is 2. The van der Waals surface area contributed by atoms with Crippen molar-refractivity contribution < 1.29 is 0 Å². The fourth-order valence-corrected chi connectivity index (χ4v) is 2.43. The topological polar surface area (TPSA) is 50.9 Å². The van der Waals surface area contributed by atoms with E-state index in [1.807, 2.05) is 6.92 Å². The van der Waals surface area contributed by atoms with E-state index in [0.29, 0.717) is 0 Å². The Morgan fingerprint density at radius 2 is 2.33 bits per heavy atom. The summed E-state index contributed by atoms with van der Waals surface area (Å²) in [7, 11) is 0. The summed E-state index contributed by atoms with van der Waals surface area (Å²) in [6.45, 7) is 1.99. The lowest BCUT2D eigenvalue weighted by molar-refractivity contribution is 0.418. The summed E-state index contributed by atoms with van der Waals surface area (Å²) in [5, 5.41) is 2.27. The van der Waals surface area contributed by atoms with Gasteiger partial charge >= 0.3 is 0 Å². The Bertz CT molecular complexity index is 278. The number of nitrogens with one attached hydrogen (secondary N) is 1. The van der Waals surface area contributed by atoms with Crippen molar-refractivity contribution in [3.63, 3.8) is 0 Å². The van der Waals surface area contributed by atoms with Crippen molar-refractivity contribution in [1.29, 1.82) is 0 Å². The minimum absolute atomic E-state index is 0.718.